The zero-order chi connectivity index (χ0) is 13.9. The lowest BCUT2D eigenvalue weighted by atomic mass is 9.96. The second-order valence-corrected chi connectivity index (χ2v) is 4.18. The molecule has 1 unspecified atom stereocenters. The van der Waals surface area contributed by atoms with E-state index >= 15 is 0 Å². The molecule has 1 aromatic carbocycles. The first-order valence-electron chi connectivity index (χ1n) is 5.32. The van der Waals surface area contributed by atoms with Crippen LogP contribution in [0, 0.1) is 5.92 Å². The van der Waals surface area contributed by atoms with E-state index in [1.807, 2.05) is 0 Å². The highest BCUT2D eigenvalue weighted by atomic mass is 19.4. The van der Waals surface area contributed by atoms with Crippen LogP contribution in [0.3, 0.4) is 0 Å². The molecule has 0 saturated carbocycles. The molecule has 0 aliphatic heterocycles. The van der Waals surface area contributed by atoms with Gasteiger partial charge in [0.05, 0.1) is 0 Å². The van der Waals surface area contributed by atoms with Crippen LogP contribution in [0.15, 0.2) is 12.1 Å². The van der Waals surface area contributed by atoms with Crippen LogP contribution in [-0.4, -0.2) is 16.5 Å². The molecule has 0 aliphatic rings. The first-order chi connectivity index (χ1) is 8.27. The maximum Gasteiger partial charge on any atom is 0.423 e. The third-order valence-corrected chi connectivity index (χ3v) is 2.59. The molecule has 0 heterocycles. The second-order valence-electron chi connectivity index (χ2n) is 4.18. The molecule has 1 atom stereocenters. The van der Waals surface area contributed by atoms with Gasteiger partial charge < -0.3 is 15.0 Å². The van der Waals surface area contributed by atoms with Crippen molar-refractivity contribution in [1.29, 1.82) is 0 Å². The summed E-state index contributed by atoms with van der Waals surface area (Å²) in [4.78, 5) is 10.3. The number of hydrogen-bond donors (Lipinski definition) is 2. The highest BCUT2D eigenvalue weighted by Gasteiger charge is 2.38. The lowest BCUT2D eigenvalue weighted by Crippen LogP contribution is -2.08. The SMILES string of the molecule is CC(CC=O)Cc1ccc(O)c(C(F)(F)F)c1O. The van der Waals surface area contributed by atoms with Crippen LogP contribution in [0.25, 0.3) is 0 Å². The predicted molar refractivity (Wildman–Crippen MR) is 58.3 cm³/mol. The quantitative estimate of drug-likeness (QED) is 0.820. The van der Waals surface area contributed by atoms with Gasteiger partial charge in [-0.3, -0.25) is 0 Å². The summed E-state index contributed by atoms with van der Waals surface area (Å²) in [6.45, 7) is 1.69. The highest BCUT2D eigenvalue weighted by Crippen LogP contribution is 2.43. The molecule has 6 heteroatoms. The van der Waals surface area contributed by atoms with Gasteiger partial charge in [0.15, 0.2) is 0 Å². The minimum atomic E-state index is -4.82. The van der Waals surface area contributed by atoms with Gasteiger partial charge in [-0.05, 0) is 24.0 Å². The van der Waals surface area contributed by atoms with E-state index in [0.29, 0.717) is 6.29 Å². The summed E-state index contributed by atoms with van der Waals surface area (Å²) in [5, 5.41) is 18.7. The summed E-state index contributed by atoms with van der Waals surface area (Å²) in [5.74, 6) is -2.16. The van der Waals surface area contributed by atoms with E-state index in [9.17, 15) is 23.1 Å². The normalized spacial score (nSPS) is 13.3. The molecule has 0 aliphatic carbocycles. The van der Waals surface area contributed by atoms with Gasteiger partial charge in [0.25, 0.3) is 0 Å². The third-order valence-electron chi connectivity index (χ3n) is 2.59. The van der Waals surface area contributed by atoms with Crippen LogP contribution in [0.1, 0.15) is 24.5 Å². The number of carbonyl (C=O) groups is 1. The number of halogens is 3. The van der Waals surface area contributed by atoms with Gasteiger partial charge in [-0.2, -0.15) is 13.2 Å². The fourth-order valence-corrected chi connectivity index (χ4v) is 1.69. The summed E-state index contributed by atoms with van der Waals surface area (Å²) in [6, 6.07) is 2.12. The zero-order valence-electron chi connectivity index (χ0n) is 9.66. The van der Waals surface area contributed by atoms with Crippen LogP contribution < -0.4 is 0 Å². The average Bonchev–Trinajstić information content (AvgIpc) is 2.21. The van der Waals surface area contributed by atoms with E-state index < -0.39 is 23.2 Å². The topological polar surface area (TPSA) is 57.5 Å². The van der Waals surface area contributed by atoms with Gasteiger partial charge >= 0.3 is 6.18 Å². The molecular weight excluding hydrogens is 249 g/mol. The molecule has 18 heavy (non-hydrogen) atoms. The molecule has 0 bridgehead atoms. The molecule has 0 saturated heterocycles. The number of aldehydes is 1. The fraction of sp³-hybridized carbons (Fsp3) is 0.417. The molecule has 2 N–H and O–H groups in total. The lowest BCUT2D eigenvalue weighted by Gasteiger charge is -2.15. The maximum absolute atomic E-state index is 12.6. The zero-order valence-corrected chi connectivity index (χ0v) is 9.66. The first-order valence-corrected chi connectivity index (χ1v) is 5.32. The van der Waals surface area contributed by atoms with E-state index in [2.05, 4.69) is 0 Å². The van der Waals surface area contributed by atoms with E-state index in [-0.39, 0.29) is 24.3 Å². The van der Waals surface area contributed by atoms with Crippen molar-refractivity contribution in [1.82, 2.24) is 0 Å². The third kappa shape index (κ3) is 3.15. The highest BCUT2D eigenvalue weighted by molar-refractivity contribution is 5.52. The van der Waals surface area contributed by atoms with Gasteiger partial charge in [0.2, 0.25) is 0 Å². The molecule has 0 amide bonds. The standard InChI is InChI=1S/C12H13F3O3/c1-7(4-5-16)6-8-2-3-9(17)10(11(8)18)12(13,14)15/h2-3,5,7,17-18H,4,6H2,1H3. The van der Waals surface area contributed by atoms with Gasteiger partial charge in [0.1, 0.15) is 23.3 Å². The Morgan fingerprint density at radius 2 is 1.94 bits per heavy atom. The smallest absolute Gasteiger partial charge is 0.423 e. The number of aromatic hydroxyl groups is 2. The summed E-state index contributed by atoms with van der Waals surface area (Å²) in [6.07, 6.45) is -3.82. The van der Waals surface area contributed by atoms with E-state index in [1.165, 1.54) is 6.07 Å². The second kappa shape index (κ2) is 5.29. The minimum Gasteiger partial charge on any atom is -0.507 e. The number of alkyl halides is 3. The minimum absolute atomic E-state index is 0.0643. The van der Waals surface area contributed by atoms with Gasteiger partial charge in [-0.15, -0.1) is 0 Å². The van der Waals surface area contributed by atoms with Crippen LogP contribution in [0.2, 0.25) is 0 Å². The Balaban J connectivity index is 3.13. The molecule has 0 fully saturated rings. The molecule has 0 spiro atoms. The van der Waals surface area contributed by atoms with Crippen LogP contribution >= 0.6 is 0 Å². The molecule has 100 valence electrons. The van der Waals surface area contributed by atoms with E-state index in [0.717, 1.165) is 6.07 Å². The Morgan fingerprint density at radius 3 is 2.44 bits per heavy atom. The fourth-order valence-electron chi connectivity index (χ4n) is 1.69. The number of rotatable bonds is 4. The summed E-state index contributed by atoms with van der Waals surface area (Å²) >= 11 is 0. The van der Waals surface area contributed by atoms with E-state index in [1.54, 1.807) is 6.92 Å². The maximum atomic E-state index is 12.6. The van der Waals surface area contributed by atoms with Crippen molar-refractivity contribution in [3.63, 3.8) is 0 Å². The van der Waals surface area contributed by atoms with Crippen molar-refractivity contribution in [3.8, 4) is 11.5 Å². The summed E-state index contributed by atoms with van der Waals surface area (Å²) < 4.78 is 37.8. The van der Waals surface area contributed by atoms with Crippen molar-refractivity contribution in [2.75, 3.05) is 0 Å². The molecule has 3 nitrogen and oxygen atoms in total. The largest absolute Gasteiger partial charge is 0.507 e. The Morgan fingerprint density at radius 1 is 1.33 bits per heavy atom. The van der Waals surface area contributed by atoms with Crippen LogP contribution in [0.4, 0.5) is 13.2 Å². The number of hydrogen-bond acceptors (Lipinski definition) is 3. The van der Waals surface area contributed by atoms with Gasteiger partial charge in [-0.25, -0.2) is 0 Å². The van der Waals surface area contributed by atoms with Crippen molar-refractivity contribution in [2.45, 2.75) is 25.9 Å². The number of carbonyl (C=O) groups excluding carboxylic acids is 1. The monoisotopic (exact) mass is 262 g/mol. The van der Waals surface area contributed by atoms with Crippen LogP contribution in [0.5, 0.6) is 11.5 Å². The van der Waals surface area contributed by atoms with Crippen LogP contribution in [-0.2, 0) is 17.4 Å². The van der Waals surface area contributed by atoms with Gasteiger partial charge in [0, 0.05) is 6.42 Å². The number of phenolic OH excluding ortho intramolecular Hbond substituents is 2. The molecular formula is C12H13F3O3. The van der Waals surface area contributed by atoms with Crippen molar-refractivity contribution >= 4 is 6.29 Å². The summed E-state index contributed by atoms with van der Waals surface area (Å²) in [5.41, 5.74) is -1.37. The average molecular weight is 262 g/mol. The van der Waals surface area contributed by atoms with Crippen molar-refractivity contribution in [2.24, 2.45) is 5.92 Å². The lowest BCUT2D eigenvalue weighted by molar-refractivity contribution is -0.140. The molecule has 0 aromatic heterocycles. The van der Waals surface area contributed by atoms with Crippen molar-refractivity contribution < 1.29 is 28.2 Å². The number of phenols is 2. The Kier molecular flexibility index (Phi) is 4.21. The molecule has 1 aromatic rings. The van der Waals surface area contributed by atoms with Crippen molar-refractivity contribution in [3.05, 3.63) is 23.3 Å². The summed E-state index contributed by atoms with van der Waals surface area (Å²) in [7, 11) is 0. The number of benzene rings is 1. The van der Waals surface area contributed by atoms with Gasteiger partial charge in [-0.1, -0.05) is 13.0 Å². The molecule has 0 radical (unpaired) electrons. The first kappa shape index (κ1) is 14.3. The Hall–Kier alpha value is -1.72. The molecule has 1 rings (SSSR count). The Labute approximate surface area is 102 Å². The van der Waals surface area contributed by atoms with E-state index in [4.69, 9.17) is 5.11 Å². The Bertz CT molecular complexity index is 441. The predicted octanol–water partition coefficient (Wildman–Crippen LogP) is 2.88.